The summed E-state index contributed by atoms with van der Waals surface area (Å²) in [4.78, 5) is 29.6. The summed E-state index contributed by atoms with van der Waals surface area (Å²) in [6.45, 7) is 1.96. The number of para-hydroxylation sites is 2. The largest absolute Gasteiger partial charge is 0.497 e. The molecule has 160 valence electrons. The minimum Gasteiger partial charge on any atom is -0.497 e. The summed E-state index contributed by atoms with van der Waals surface area (Å²) in [5, 5.41) is 6.01. The first-order valence-corrected chi connectivity index (χ1v) is 10.7. The van der Waals surface area contributed by atoms with Crippen molar-refractivity contribution in [2.24, 2.45) is 0 Å². The van der Waals surface area contributed by atoms with Gasteiger partial charge in [0.05, 0.1) is 25.3 Å². The number of urea groups is 1. The van der Waals surface area contributed by atoms with E-state index in [2.05, 4.69) is 15.6 Å². The van der Waals surface area contributed by atoms with Crippen LogP contribution >= 0.6 is 11.8 Å². The maximum Gasteiger partial charge on any atom is 0.338 e. The highest BCUT2D eigenvalue weighted by atomic mass is 32.2. The van der Waals surface area contributed by atoms with Crippen LogP contribution in [0.15, 0.2) is 69.4 Å². The third-order valence-electron chi connectivity index (χ3n) is 4.71. The van der Waals surface area contributed by atoms with E-state index >= 15 is 0 Å². The Kier molecular flexibility index (Phi) is 6.13. The SMILES string of the molecule is CCOC(=O)C1=C(CSc2nc3ccccc3o2)NC(=O)NC1c1ccc(OC)cc1. The van der Waals surface area contributed by atoms with Gasteiger partial charge in [-0.2, -0.15) is 0 Å². The zero-order valence-corrected chi connectivity index (χ0v) is 17.8. The molecule has 0 saturated carbocycles. The summed E-state index contributed by atoms with van der Waals surface area (Å²) >= 11 is 1.29. The number of carbonyl (C=O) groups is 2. The molecule has 8 nitrogen and oxygen atoms in total. The van der Waals surface area contributed by atoms with Gasteiger partial charge in [0, 0.05) is 11.4 Å². The predicted octanol–water partition coefficient (Wildman–Crippen LogP) is 3.80. The standard InChI is InChI=1S/C22H21N3O5S/c1-3-29-20(26)18-16(12-31-22-24-15-6-4-5-7-17(15)30-22)23-21(27)25-19(18)13-8-10-14(28-2)11-9-13/h4-11,19H,3,12H2,1-2H3,(H2,23,25,27). The lowest BCUT2D eigenvalue weighted by atomic mass is 9.95. The highest BCUT2D eigenvalue weighted by Gasteiger charge is 2.33. The number of fused-ring (bicyclic) bond motifs is 1. The van der Waals surface area contributed by atoms with E-state index in [1.54, 1.807) is 38.3 Å². The number of nitrogens with one attached hydrogen (secondary N) is 2. The van der Waals surface area contributed by atoms with E-state index in [4.69, 9.17) is 13.9 Å². The normalized spacial score (nSPS) is 16.1. The average Bonchev–Trinajstić information content (AvgIpc) is 3.20. The molecule has 0 saturated heterocycles. The lowest BCUT2D eigenvalue weighted by Crippen LogP contribution is -2.46. The fourth-order valence-electron chi connectivity index (χ4n) is 3.27. The topological polar surface area (TPSA) is 103 Å². The van der Waals surface area contributed by atoms with Crippen molar-refractivity contribution in [3.05, 3.63) is 65.4 Å². The fraction of sp³-hybridized carbons (Fsp3) is 0.227. The van der Waals surface area contributed by atoms with E-state index in [0.29, 0.717) is 27.8 Å². The summed E-state index contributed by atoms with van der Waals surface area (Å²) in [5.74, 6) is 0.461. The summed E-state index contributed by atoms with van der Waals surface area (Å²) in [7, 11) is 1.58. The molecular formula is C22H21N3O5S. The van der Waals surface area contributed by atoms with Crippen molar-refractivity contribution in [2.75, 3.05) is 19.5 Å². The van der Waals surface area contributed by atoms with Crippen LogP contribution in [0.2, 0.25) is 0 Å². The number of rotatable bonds is 7. The molecule has 4 rings (SSSR count). The molecule has 0 spiro atoms. The smallest absolute Gasteiger partial charge is 0.338 e. The van der Waals surface area contributed by atoms with Crippen LogP contribution in [0, 0.1) is 0 Å². The quantitative estimate of drug-likeness (QED) is 0.426. The predicted molar refractivity (Wildman–Crippen MR) is 116 cm³/mol. The van der Waals surface area contributed by atoms with Gasteiger partial charge in [0.25, 0.3) is 5.22 Å². The molecule has 1 aliphatic rings. The van der Waals surface area contributed by atoms with Gasteiger partial charge in [0.1, 0.15) is 11.3 Å². The molecule has 3 aromatic rings. The summed E-state index contributed by atoms with van der Waals surface area (Å²) in [6, 6.07) is 13.6. The van der Waals surface area contributed by atoms with Gasteiger partial charge < -0.3 is 24.5 Å². The Hall–Kier alpha value is -3.46. The Labute approximate surface area is 183 Å². The first kappa shape index (κ1) is 20.8. The molecule has 31 heavy (non-hydrogen) atoms. The van der Waals surface area contributed by atoms with E-state index in [9.17, 15) is 9.59 Å². The van der Waals surface area contributed by atoms with Crippen molar-refractivity contribution in [1.29, 1.82) is 0 Å². The minimum absolute atomic E-state index is 0.219. The van der Waals surface area contributed by atoms with Crippen LogP contribution in [0.1, 0.15) is 18.5 Å². The van der Waals surface area contributed by atoms with Gasteiger partial charge in [0.15, 0.2) is 5.58 Å². The number of hydrogen-bond acceptors (Lipinski definition) is 7. The molecule has 1 atom stereocenters. The number of carbonyl (C=O) groups excluding carboxylic acids is 2. The molecule has 2 heterocycles. The number of thioether (sulfide) groups is 1. The van der Waals surface area contributed by atoms with Crippen molar-refractivity contribution in [3.8, 4) is 5.75 Å². The Bertz CT molecular complexity index is 1110. The molecule has 1 aliphatic heterocycles. The maximum absolute atomic E-state index is 12.8. The van der Waals surface area contributed by atoms with Crippen LogP contribution in [0.25, 0.3) is 11.1 Å². The van der Waals surface area contributed by atoms with Gasteiger partial charge in [-0.1, -0.05) is 36.0 Å². The Morgan fingerprint density at radius 1 is 1.19 bits per heavy atom. The van der Waals surface area contributed by atoms with Gasteiger partial charge in [-0.25, -0.2) is 14.6 Å². The second-order valence-corrected chi connectivity index (χ2v) is 7.58. The Morgan fingerprint density at radius 3 is 2.68 bits per heavy atom. The number of amides is 2. The molecule has 2 aromatic carbocycles. The Balaban J connectivity index is 1.66. The highest BCUT2D eigenvalue weighted by molar-refractivity contribution is 7.99. The van der Waals surface area contributed by atoms with E-state index in [1.165, 1.54) is 11.8 Å². The van der Waals surface area contributed by atoms with Gasteiger partial charge in [-0.15, -0.1) is 0 Å². The highest BCUT2D eigenvalue weighted by Crippen LogP contribution is 2.32. The van der Waals surface area contributed by atoms with Crippen LogP contribution in [0.3, 0.4) is 0 Å². The third kappa shape index (κ3) is 4.51. The van der Waals surface area contributed by atoms with Crippen molar-refractivity contribution in [3.63, 3.8) is 0 Å². The van der Waals surface area contributed by atoms with E-state index in [0.717, 1.165) is 11.1 Å². The number of oxazole rings is 1. The number of methoxy groups -OCH3 is 1. The van der Waals surface area contributed by atoms with Crippen LogP contribution in [0.4, 0.5) is 4.79 Å². The summed E-state index contributed by atoms with van der Waals surface area (Å²) in [5.41, 5.74) is 2.96. The van der Waals surface area contributed by atoms with E-state index in [-0.39, 0.29) is 12.4 Å². The number of benzene rings is 2. The van der Waals surface area contributed by atoms with Gasteiger partial charge in [-0.05, 0) is 36.8 Å². The van der Waals surface area contributed by atoms with Crippen molar-refractivity contribution in [1.82, 2.24) is 15.6 Å². The fourth-order valence-corrected chi connectivity index (χ4v) is 4.08. The minimum atomic E-state index is -0.655. The van der Waals surface area contributed by atoms with Gasteiger partial charge >= 0.3 is 12.0 Å². The van der Waals surface area contributed by atoms with Gasteiger partial charge in [-0.3, -0.25) is 0 Å². The molecule has 0 bridgehead atoms. The number of aromatic nitrogens is 1. The molecule has 0 fully saturated rings. The molecule has 0 radical (unpaired) electrons. The lowest BCUT2D eigenvalue weighted by Gasteiger charge is -2.29. The molecular weight excluding hydrogens is 418 g/mol. The first-order valence-electron chi connectivity index (χ1n) is 9.69. The number of esters is 1. The lowest BCUT2D eigenvalue weighted by molar-refractivity contribution is -0.139. The second-order valence-electron chi connectivity index (χ2n) is 6.65. The van der Waals surface area contributed by atoms with Crippen LogP contribution in [0.5, 0.6) is 5.75 Å². The van der Waals surface area contributed by atoms with Crippen LogP contribution in [-0.2, 0) is 9.53 Å². The van der Waals surface area contributed by atoms with E-state index < -0.39 is 18.0 Å². The first-order chi connectivity index (χ1) is 15.1. The molecule has 1 unspecified atom stereocenters. The zero-order chi connectivity index (χ0) is 21.8. The second kappa shape index (κ2) is 9.13. The van der Waals surface area contributed by atoms with Crippen molar-refractivity contribution >= 4 is 34.9 Å². The zero-order valence-electron chi connectivity index (χ0n) is 17.0. The van der Waals surface area contributed by atoms with Gasteiger partial charge in [0.2, 0.25) is 0 Å². The number of ether oxygens (including phenoxy) is 2. The Morgan fingerprint density at radius 2 is 1.97 bits per heavy atom. The molecule has 9 heteroatoms. The average molecular weight is 439 g/mol. The molecule has 2 amide bonds. The summed E-state index contributed by atoms with van der Waals surface area (Å²) in [6.07, 6.45) is 0. The number of nitrogens with zero attached hydrogens (tertiary/aromatic N) is 1. The maximum atomic E-state index is 12.8. The van der Waals surface area contributed by atoms with Crippen LogP contribution < -0.4 is 15.4 Å². The van der Waals surface area contributed by atoms with Crippen molar-refractivity contribution < 1.29 is 23.5 Å². The van der Waals surface area contributed by atoms with E-state index in [1.807, 2.05) is 24.3 Å². The molecule has 2 N–H and O–H groups in total. The number of hydrogen-bond donors (Lipinski definition) is 2. The third-order valence-corrected chi connectivity index (χ3v) is 5.57. The molecule has 0 aliphatic carbocycles. The molecule has 1 aromatic heterocycles. The van der Waals surface area contributed by atoms with Crippen molar-refractivity contribution in [2.45, 2.75) is 18.2 Å². The van der Waals surface area contributed by atoms with Crippen LogP contribution in [-0.4, -0.2) is 36.5 Å². The monoisotopic (exact) mass is 439 g/mol. The summed E-state index contributed by atoms with van der Waals surface area (Å²) < 4.78 is 16.2.